The number of fused-ring (bicyclic) bond motifs is 1. The number of benzene rings is 1. The summed E-state index contributed by atoms with van der Waals surface area (Å²) in [6.45, 7) is 2.76. The molecule has 1 aromatic heterocycles. The molecule has 1 aromatic carbocycles. The summed E-state index contributed by atoms with van der Waals surface area (Å²) in [5.41, 5.74) is 1.07. The zero-order chi connectivity index (χ0) is 17.9. The Morgan fingerprint density at radius 1 is 1.31 bits per heavy atom. The predicted octanol–water partition coefficient (Wildman–Crippen LogP) is 2.64. The van der Waals surface area contributed by atoms with E-state index in [1.165, 1.54) is 6.42 Å². The first-order chi connectivity index (χ1) is 12.7. The number of amides is 1. The molecule has 6 nitrogen and oxygen atoms in total. The number of aromatic nitrogens is 2. The molecule has 1 amide bonds. The van der Waals surface area contributed by atoms with Gasteiger partial charge in [0.05, 0.1) is 12.0 Å². The first-order valence-corrected chi connectivity index (χ1v) is 9.48. The second-order valence-corrected chi connectivity index (χ2v) is 7.42. The van der Waals surface area contributed by atoms with Crippen LogP contribution in [0.15, 0.2) is 36.8 Å². The van der Waals surface area contributed by atoms with Crippen LogP contribution in [0.3, 0.4) is 0 Å². The van der Waals surface area contributed by atoms with Crippen LogP contribution in [0.4, 0.5) is 0 Å². The van der Waals surface area contributed by atoms with Gasteiger partial charge < -0.3 is 14.6 Å². The van der Waals surface area contributed by atoms with Crippen molar-refractivity contribution in [3.05, 3.63) is 47.5 Å². The monoisotopic (exact) mass is 374 g/mol. The SMILES string of the molecule is O=C(NC1CCC1)C1CN(CCOc2ccc(Cl)cc2)Cc2cncn21. The van der Waals surface area contributed by atoms with Crippen molar-refractivity contribution in [3.8, 4) is 5.75 Å². The smallest absolute Gasteiger partial charge is 0.244 e. The first-order valence-electron chi connectivity index (χ1n) is 9.11. The summed E-state index contributed by atoms with van der Waals surface area (Å²) >= 11 is 5.89. The number of hydrogen-bond acceptors (Lipinski definition) is 4. The molecule has 26 heavy (non-hydrogen) atoms. The fraction of sp³-hybridized carbons (Fsp3) is 0.474. The van der Waals surface area contributed by atoms with E-state index >= 15 is 0 Å². The molecule has 1 N–H and O–H groups in total. The maximum absolute atomic E-state index is 12.7. The van der Waals surface area contributed by atoms with Gasteiger partial charge in [-0.15, -0.1) is 0 Å². The molecular formula is C19H23ClN4O2. The fourth-order valence-electron chi connectivity index (χ4n) is 3.41. The molecule has 2 heterocycles. The lowest BCUT2D eigenvalue weighted by Gasteiger charge is -2.35. The van der Waals surface area contributed by atoms with E-state index in [-0.39, 0.29) is 11.9 Å². The highest BCUT2D eigenvalue weighted by Gasteiger charge is 2.32. The number of carbonyl (C=O) groups is 1. The molecule has 0 radical (unpaired) electrons. The molecule has 2 aromatic rings. The molecule has 7 heteroatoms. The lowest BCUT2D eigenvalue weighted by atomic mass is 9.93. The normalized spacial score (nSPS) is 20.3. The Balaban J connectivity index is 1.35. The Kier molecular flexibility index (Phi) is 5.13. The Hall–Kier alpha value is -2.05. The van der Waals surface area contributed by atoms with E-state index in [0.29, 0.717) is 24.2 Å². The van der Waals surface area contributed by atoms with Gasteiger partial charge >= 0.3 is 0 Å². The zero-order valence-electron chi connectivity index (χ0n) is 14.6. The molecule has 0 spiro atoms. The van der Waals surface area contributed by atoms with Gasteiger partial charge in [0.2, 0.25) is 5.91 Å². The van der Waals surface area contributed by atoms with E-state index in [2.05, 4.69) is 15.2 Å². The Morgan fingerprint density at radius 2 is 2.12 bits per heavy atom. The maximum atomic E-state index is 12.7. The molecule has 1 fully saturated rings. The van der Waals surface area contributed by atoms with Crippen molar-refractivity contribution in [2.45, 2.75) is 37.9 Å². The largest absolute Gasteiger partial charge is 0.492 e. The third kappa shape index (κ3) is 3.86. The summed E-state index contributed by atoms with van der Waals surface area (Å²) in [4.78, 5) is 19.2. The minimum atomic E-state index is -0.225. The van der Waals surface area contributed by atoms with Crippen molar-refractivity contribution in [2.24, 2.45) is 0 Å². The summed E-state index contributed by atoms with van der Waals surface area (Å²) in [6, 6.07) is 7.48. The molecule has 1 saturated carbocycles. The zero-order valence-corrected chi connectivity index (χ0v) is 15.4. The number of imidazole rings is 1. The highest BCUT2D eigenvalue weighted by Crippen LogP contribution is 2.24. The number of halogens is 1. The first kappa shape index (κ1) is 17.4. The highest BCUT2D eigenvalue weighted by atomic mass is 35.5. The van der Waals surface area contributed by atoms with Gasteiger partial charge in [-0.2, -0.15) is 0 Å². The van der Waals surface area contributed by atoms with Crippen LogP contribution in [0.5, 0.6) is 5.75 Å². The van der Waals surface area contributed by atoms with Gasteiger partial charge in [0.15, 0.2) is 0 Å². The van der Waals surface area contributed by atoms with Crippen molar-refractivity contribution in [3.63, 3.8) is 0 Å². The van der Waals surface area contributed by atoms with Crippen LogP contribution >= 0.6 is 11.6 Å². The van der Waals surface area contributed by atoms with Crippen LogP contribution < -0.4 is 10.1 Å². The molecule has 0 saturated heterocycles. The van der Waals surface area contributed by atoms with Crippen LogP contribution in [0.25, 0.3) is 0 Å². The molecule has 1 atom stereocenters. The number of nitrogens with one attached hydrogen (secondary N) is 1. The lowest BCUT2D eigenvalue weighted by molar-refractivity contribution is -0.126. The summed E-state index contributed by atoms with van der Waals surface area (Å²) < 4.78 is 7.80. The van der Waals surface area contributed by atoms with Crippen molar-refractivity contribution in [1.29, 1.82) is 0 Å². The van der Waals surface area contributed by atoms with Gasteiger partial charge in [-0.3, -0.25) is 9.69 Å². The van der Waals surface area contributed by atoms with Crippen molar-refractivity contribution in [1.82, 2.24) is 19.8 Å². The summed E-state index contributed by atoms with van der Waals surface area (Å²) in [6.07, 6.45) is 7.00. The molecule has 1 unspecified atom stereocenters. The third-order valence-electron chi connectivity index (χ3n) is 5.14. The molecule has 138 valence electrons. The van der Waals surface area contributed by atoms with Gasteiger partial charge in [0.1, 0.15) is 18.4 Å². The van der Waals surface area contributed by atoms with Gasteiger partial charge in [-0.25, -0.2) is 4.98 Å². The van der Waals surface area contributed by atoms with E-state index in [9.17, 15) is 4.79 Å². The van der Waals surface area contributed by atoms with E-state index in [4.69, 9.17) is 16.3 Å². The topological polar surface area (TPSA) is 59.4 Å². The fourth-order valence-corrected chi connectivity index (χ4v) is 3.54. The second-order valence-electron chi connectivity index (χ2n) is 6.98. The van der Waals surface area contributed by atoms with Crippen LogP contribution in [0.2, 0.25) is 5.02 Å². The molecular weight excluding hydrogens is 352 g/mol. The Bertz CT molecular complexity index is 757. The Labute approximate surface area is 158 Å². The van der Waals surface area contributed by atoms with E-state index in [0.717, 1.165) is 37.4 Å². The quantitative estimate of drug-likeness (QED) is 0.844. The van der Waals surface area contributed by atoms with Gasteiger partial charge in [-0.1, -0.05) is 11.6 Å². The minimum absolute atomic E-state index is 0.0947. The average molecular weight is 375 g/mol. The number of rotatable bonds is 6. The summed E-state index contributed by atoms with van der Waals surface area (Å²) in [5.74, 6) is 0.896. The van der Waals surface area contributed by atoms with E-state index < -0.39 is 0 Å². The second kappa shape index (κ2) is 7.68. The van der Waals surface area contributed by atoms with Crippen LogP contribution in [0.1, 0.15) is 31.0 Å². The predicted molar refractivity (Wildman–Crippen MR) is 99.3 cm³/mol. The van der Waals surface area contributed by atoms with Crippen LogP contribution in [-0.4, -0.2) is 46.1 Å². The maximum Gasteiger partial charge on any atom is 0.244 e. The number of nitrogens with zero attached hydrogens (tertiary/aromatic N) is 3. The van der Waals surface area contributed by atoms with Gasteiger partial charge in [0.25, 0.3) is 0 Å². The lowest BCUT2D eigenvalue weighted by Crippen LogP contribution is -2.49. The van der Waals surface area contributed by atoms with Crippen molar-refractivity contribution >= 4 is 17.5 Å². The number of carbonyl (C=O) groups excluding carboxylic acids is 1. The number of ether oxygens (including phenoxy) is 1. The minimum Gasteiger partial charge on any atom is -0.492 e. The van der Waals surface area contributed by atoms with Crippen molar-refractivity contribution < 1.29 is 9.53 Å². The van der Waals surface area contributed by atoms with E-state index in [1.807, 2.05) is 35.0 Å². The summed E-state index contributed by atoms with van der Waals surface area (Å²) in [7, 11) is 0. The average Bonchev–Trinajstić information content (AvgIpc) is 3.07. The summed E-state index contributed by atoms with van der Waals surface area (Å²) in [5, 5.41) is 3.86. The third-order valence-corrected chi connectivity index (χ3v) is 5.39. The molecule has 4 rings (SSSR count). The molecule has 1 aliphatic carbocycles. The molecule has 2 aliphatic rings. The van der Waals surface area contributed by atoms with Crippen LogP contribution in [-0.2, 0) is 11.3 Å². The molecule has 1 aliphatic heterocycles. The van der Waals surface area contributed by atoms with Gasteiger partial charge in [-0.05, 0) is 43.5 Å². The van der Waals surface area contributed by atoms with Gasteiger partial charge in [0, 0.05) is 36.9 Å². The van der Waals surface area contributed by atoms with E-state index in [1.54, 1.807) is 6.33 Å². The Morgan fingerprint density at radius 3 is 2.85 bits per heavy atom. The van der Waals surface area contributed by atoms with Crippen molar-refractivity contribution in [2.75, 3.05) is 19.7 Å². The standard InChI is InChI=1S/C19H23ClN4O2/c20-14-4-6-17(7-5-14)26-9-8-23-11-16-10-21-13-24(16)18(12-23)19(25)22-15-2-1-3-15/h4-7,10,13,15,18H,1-3,8-9,11-12H2,(H,22,25). The molecule has 0 bridgehead atoms. The highest BCUT2D eigenvalue weighted by molar-refractivity contribution is 6.30. The van der Waals surface area contributed by atoms with Crippen LogP contribution in [0, 0.1) is 0 Å². The number of hydrogen-bond donors (Lipinski definition) is 1.